The van der Waals surface area contributed by atoms with Gasteiger partial charge in [0, 0.05) is 7.05 Å². The minimum Gasteiger partial charge on any atom is -0.486 e. The van der Waals surface area contributed by atoms with Crippen molar-refractivity contribution >= 4 is 17.7 Å². The lowest BCUT2D eigenvalue weighted by atomic mass is 9.98. The van der Waals surface area contributed by atoms with Gasteiger partial charge in [0.15, 0.2) is 11.0 Å². The second-order valence-corrected chi connectivity index (χ2v) is 7.04. The smallest absolute Gasteiger partial charge is 0.316 e. The highest BCUT2D eigenvalue weighted by Gasteiger charge is 2.19. The molecule has 0 N–H and O–H groups in total. The zero-order chi connectivity index (χ0) is 17.5. The van der Waals surface area contributed by atoms with Crippen molar-refractivity contribution in [1.29, 1.82) is 0 Å². The summed E-state index contributed by atoms with van der Waals surface area (Å²) >= 11 is 1.35. The third kappa shape index (κ3) is 5.22. The maximum absolute atomic E-state index is 12.0. The molecule has 1 heterocycles. The van der Waals surface area contributed by atoms with E-state index in [1.165, 1.54) is 18.2 Å². The average molecular weight is 361 g/mol. The Bertz CT molecular complexity index is 684. The van der Waals surface area contributed by atoms with Crippen molar-refractivity contribution in [3.63, 3.8) is 0 Å². The number of carbonyl (C=O) groups is 1. The third-order valence-corrected chi connectivity index (χ3v) is 5.20. The summed E-state index contributed by atoms with van der Waals surface area (Å²) in [6.45, 7) is 0.334. The zero-order valence-electron chi connectivity index (χ0n) is 14.4. The van der Waals surface area contributed by atoms with Crippen molar-refractivity contribution in [1.82, 2.24) is 14.8 Å². The maximum Gasteiger partial charge on any atom is 0.316 e. The van der Waals surface area contributed by atoms with Gasteiger partial charge in [0.1, 0.15) is 18.5 Å². The number of hydrogen-bond donors (Lipinski definition) is 0. The van der Waals surface area contributed by atoms with E-state index in [9.17, 15) is 4.79 Å². The average Bonchev–Trinajstić information content (AvgIpc) is 3.00. The van der Waals surface area contributed by atoms with Crippen LogP contribution in [-0.2, 0) is 23.2 Å². The minimum atomic E-state index is -0.179. The molecule has 7 heteroatoms. The van der Waals surface area contributed by atoms with Crippen molar-refractivity contribution < 1.29 is 14.3 Å². The first kappa shape index (κ1) is 17.8. The van der Waals surface area contributed by atoms with Gasteiger partial charge < -0.3 is 14.0 Å². The number of nitrogens with zero attached hydrogens (tertiary/aromatic N) is 3. The number of ether oxygens (including phenoxy) is 2. The normalized spacial score (nSPS) is 15.1. The third-order valence-electron chi connectivity index (χ3n) is 4.21. The molecule has 1 aromatic heterocycles. The first-order chi connectivity index (χ1) is 12.2. The first-order valence-electron chi connectivity index (χ1n) is 8.61. The number of para-hydroxylation sites is 1. The Hall–Kier alpha value is -2.02. The molecule has 0 aliphatic heterocycles. The highest BCUT2D eigenvalue weighted by molar-refractivity contribution is 7.99. The summed E-state index contributed by atoms with van der Waals surface area (Å²) in [5, 5.41) is 8.96. The van der Waals surface area contributed by atoms with E-state index < -0.39 is 0 Å². The maximum atomic E-state index is 12.0. The van der Waals surface area contributed by atoms with Crippen LogP contribution in [0.3, 0.4) is 0 Å². The van der Waals surface area contributed by atoms with E-state index in [2.05, 4.69) is 10.2 Å². The predicted molar refractivity (Wildman–Crippen MR) is 95.5 cm³/mol. The van der Waals surface area contributed by atoms with Gasteiger partial charge in [-0.25, -0.2) is 0 Å². The predicted octanol–water partition coefficient (Wildman–Crippen LogP) is 3.36. The highest BCUT2D eigenvalue weighted by atomic mass is 32.2. The summed E-state index contributed by atoms with van der Waals surface area (Å²) in [4.78, 5) is 12.0. The monoisotopic (exact) mass is 361 g/mol. The molecule has 25 heavy (non-hydrogen) atoms. The van der Waals surface area contributed by atoms with E-state index in [1.54, 1.807) is 0 Å². The summed E-state index contributed by atoms with van der Waals surface area (Å²) in [6.07, 6.45) is 5.62. The number of hydrogen-bond acceptors (Lipinski definition) is 6. The van der Waals surface area contributed by atoms with Crippen LogP contribution in [0.25, 0.3) is 0 Å². The SMILES string of the molecule is Cn1c(COc2ccccc2)nnc1SCC(=O)OC1CCCCC1. The molecular weight excluding hydrogens is 338 g/mol. The zero-order valence-corrected chi connectivity index (χ0v) is 15.2. The number of benzene rings is 1. The fraction of sp³-hybridized carbons (Fsp3) is 0.500. The summed E-state index contributed by atoms with van der Waals surface area (Å²) in [5.41, 5.74) is 0. The van der Waals surface area contributed by atoms with E-state index in [0.717, 1.165) is 31.4 Å². The van der Waals surface area contributed by atoms with Crippen LogP contribution in [0.15, 0.2) is 35.5 Å². The molecule has 0 amide bonds. The van der Waals surface area contributed by atoms with Gasteiger partial charge in [-0.05, 0) is 37.8 Å². The van der Waals surface area contributed by atoms with E-state index >= 15 is 0 Å². The Balaban J connectivity index is 1.46. The van der Waals surface area contributed by atoms with Crippen molar-refractivity contribution in [2.24, 2.45) is 7.05 Å². The summed E-state index contributed by atoms with van der Waals surface area (Å²) in [6, 6.07) is 9.58. The highest BCUT2D eigenvalue weighted by Crippen LogP contribution is 2.22. The number of esters is 1. The van der Waals surface area contributed by atoms with Gasteiger partial charge in [0.2, 0.25) is 0 Å². The van der Waals surface area contributed by atoms with E-state index in [-0.39, 0.29) is 17.8 Å². The Morgan fingerprint density at radius 1 is 1.20 bits per heavy atom. The number of carbonyl (C=O) groups excluding carboxylic acids is 1. The van der Waals surface area contributed by atoms with Crippen LogP contribution < -0.4 is 4.74 Å². The molecule has 134 valence electrons. The van der Waals surface area contributed by atoms with Gasteiger partial charge in [0.05, 0.1) is 5.75 Å². The van der Waals surface area contributed by atoms with E-state index in [1.807, 2.05) is 41.9 Å². The van der Waals surface area contributed by atoms with Gasteiger partial charge in [-0.3, -0.25) is 4.79 Å². The largest absolute Gasteiger partial charge is 0.486 e. The first-order valence-corrected chi connectivity index (χ1v) is 9.59. The van der Waals surface area contributed by atoms with Crippen LogP contribution in [0.5, 0.6) is 5.75 Å². The molecule has 0 bridgehead atoms. The van der Waals surface area contributed by atoms with Gasteiger partial charge in [-0.2, -0.15) is 0 Å². The topological polar surface area (TPSA) is 66.2 Å². The fourth-order valence-electron chi connectivity index (χ4n) is 2.79. The molecule has 1 aromatic carbocycles. The van der Waals surface area contributed by atoms with Gasteiger partial charge >= 0.3 is 5.97 Å². The second kappa shape index (κ2) is 8.89. The molecule has 0 atom stereocenters. The van der Waals surface area contributed by atoms with Crippen molar-refractivity contribution in [2.45, 2.75) is 50.0 Å². The Morgan fingerprint density at radius 2 is 1.96 bits per heavy atom. The van der Waals surface area contributed by atoms with Gasteiger partial charge in [-0.15, -0.1) is 10.2 Å². The van der Waals surface area contributed by atoms with Crippen molar-refractivity contribution in [2.75, 3.05) is 5.75 Å². The van der Waals surface area contributed by atoms with Crippen LogP contribution in [0, 0.1) is 0 Å². The molecule has 2 aromatic rings. The molecule has 0 unspecified atom stereocenters. The number of aromatic nitrogens is 3. The molecule has 0 saturated heterocycles. The van der Waals surface area contributed by atoms with Crippen LogP contribution in [0.1, 0.15) is 37.9 Å². The molecule has 0 radical (unpaired) electrons. The molecule has 1 fully saturated rings. The summed E-state index contributed by atoms with van der Waals surface area (Å²) < 4.78 is 13.1. The summed E-state index contributed by atoms with van der Waals surface area (Å²) in [5.74, 6) is 1.58. The lowest BCUT2D eigenvalue weighted by Gasteiger charge is -2.21. The molecule has 1 aliphatic rings. The van der Waals surface area contributed by atoms with E-state index in [4.69, 9.17) is 9.47 Å². The Morgan fingerprint density at radius 3 is 2.72 bits per heavy atom. The Labute approximate surface area is 151 Å². The van der Waals surface area contributed by atoms with Crippen molar-refractivity contribution in [3.05, 3.63) is 36.2 Å². The van der Waals surface area contributed by atoms with Crippen LogP contribution in [0.4, 0.5) is 0 Å². The summed E-state index contributed by atoms with van der Waals surface area (Å²) in [7, 11) is 1.87. The quantitative estimate of drug-likeness (QED) is 0.556. The second-order valence-electron chi connectivity index (χ2n) is 6.10. The van der Waals surface area contributed by atoms with Gasteiger partial charge in [0.25, 0.3) is 0 Å². The molecule has 1 aliphatic carbocycles. The Kier molecular flexibility index (Phi) is 6.33. The fourth-order valence-corrected chi connectivity index (χ4v) is 3.50. The lowest BCUT2D eigenvalue weighted by molar-refractivity contribution is -0.147. The van der Waals surface area contributed by atoms with Gasteiger partial charge in [-0.1, -0.05) is 36.4 Å². The molecule has 1 saturated carbocycles. The molecule has 3 rings (SSSR count). The standard InChI is InChI=1S/C18H23N3O3S/c1-21-16(12-23-14-8-4-2-5-9-14)19-20-18(21)25-13-17(22)24-15-10-6-3-7-11-15/h2,4-5,8-9,15H,3,6-7,10-13H2,1H3. The van der Waals surface area contributed by atoms with E-state index in [0.29, 0.717) is 17.6 Å². The van der Waals surface area contributed by atoms with Crippen molar-refractivity contribution in [3.8, 4) is 5.75 Å². The van der Waals surface area contributed by atoms with Crippen LogP contribution >= 0.6 is 11.8 Å². The van der Waals surface area contributed by atoms with Crippen LogP contribution in [0.2, 0.25) is 0 Å². The molecular formula is C18H23N3O3S. The number of thioether (sulfide) groups is 1. The lowest BCUT2D eigenvalue weighted by Crippen LogP contribution is -2.22. The number of rotatable bonds is 7. The minimum absolute atomic E-state index is 0.0937. The molecule has 0 spiro atoms. The van der Waals surface area contributed by atoms with Crippen LogP contribution in [-0.4, -0.2) is 32.6 Å². The molecule has 6 nitrogen and oxygen atoms in total.